The van der Waals surface area contributed by atoms with Gasteiger partial charge in [0.2, 0.25) is 0 Å². The second-order valence-corrected chi connectivity index (χ2v) is 15.2. The van der Waals surface area contributed by atoms with Gasteiger partial charge in [-0.2, -0.15) is 0 Å². The van der Waals surface area contributed by atoms with Gasteiger partial charge in [0.25, 0.3) is 0 Å². The first-order chi connectivity index (χ1) is 28.8. The number of fused-ring (bicyclic) bond motifs is 7. The zero-order valence-corrected chi connectivity index (χ0v) is 31.6. The number of rotatable bonds is 5. The standard InChI is InChI=1S/C54H35BN2O/c1-5-18-36(19-6-1)40-32-44(38-22-9-3-10-23-38)53-50(34-40)58-51-35-41(37-20-7-2-8-21-37)33-45(39-24-11-4-12-25-39)54(51)57(53)55-46-28-14-16-31-49(46)56-48-30-15-13-26-42(48)43-27-17-29-47(55)52(43)56/h1-35H. The van der Waals surface area contributed by atoms with Crippen molar-refractivity contribution in [3.8, 4) is 61.7 Å². The lowest BCUT2D eigenvalue weighted by molar-refractivity contribution is 0.479. The van der Waals surface area contributed by atoms with E-state index in [0.717, 1.165) is 67.4 Å². The smallest absolute Gasteiger partial charge is 0.332 e. The molecule has 0 aliphatic carbocycles. The molecule has 58 heavy (non-hydrogen) atoms. The van der Waals surface area contributed by atoms with Crippen molar-refractivity contribution >= 4 is 51.0 Å². The molecule has 4 heteroatoms. The van der Waals surface area contributed by atoms with E-state index in [9.17, 15) is 0 Å². The molecule has 0 bridgehead atoms. The number of benzene rings is 9. The monoisotopic (exact) mass is 738 g/mol. The van der Waals surface area contributed by atoms with E-state index in [1.807, 2.05) is 0 Å². The van der Waals surface area contributed by atoms with Gasteiger partial charge in [0.15, 0.2) is 11.5 Å². The van der Waals surface area contributed by atoms with Crippen LogP contribution in [0, 0.1) is 0 Å². The van der Waals surface area contributed by atoms with Crippen LogP contribution >= 0.6 is 0 Å². The molecule has 270 valence electrons. The molecule has 0 N–H and O–H groups in total. The second-order valence-electron chi connectivity index (χ2n) is 15.2. The maximum absolute atomic E-state index is 7.38. The molecule has 0 unspecified atom stereocenters. The van der Waals surface area contributed by atoms with Crippen LogP contribution in [0.1, 0.15) is 0 Å². The maximum Gasteiger partial charge on any atom is 0.332 e. The molecule has 1 aromatic heterocycles. The van der Waals surface area contributed by atoms with Gasteiger partial charge in [-0.05, 0) is 80.7 Å². The van der Waals surface area contributed by atoms with Crippen molar-refractivity contribution < 1.29 is 4.74 Å². The predicted molar refractivity (Wildman–Crippen MR) is 243 cm³/mol. The lowest BCUT2D eigenvalue weighted by atomic mass is 9.46. The lowest BCUT2D eigenvalue weighted by Crippen LogP contribution is -2.59. The molecule has 10 aromatic rings. The SMILES string of the molecule is c1ccc(-c2cc3c(c(-c4ccccc4)c2)N(B2c4ccccc4-n4c5ccccc5c5cccc2c54)c2c(cc(-c4ccccc4)cc2-c2ccccc2)O3)cc1. The van der Waals surface area contributed by atoms with Crippen molar-refractivity contribution in [1.82, 2.24) is 4.57 Å². The maximum atomic E-state index is 7.38. The highest BCUT2D eigenvalue weighted by Gasteiger charge is 2.43. The summed E-state index contributed by atoms with van der Waals surface area (Å²) in [6.45, 7) is -0.201. The molecule has 3 nitrogen and oxygen atoms in total. The summed E-state index contributed by atoms with van der Waals surface area (Å²) in [5.41, 5.74) is 17.2. The minimum absolute atomic E-state index is 0.201. The summed E-state index contributed by atoms with van der Waals surface area (Å²) < 4.78 is 9.87. The van der Waals surface area contributed by atoms with Crippen molar-refractivity contribution in [2.75, 3.05) is 4.81 Å². The van der Waals surface area contributed by atoms with Gasteiger partial charge in [-0.1, -0.05) is 176 Å². The zero-order valence-electron chi connectivity index (χ0n) is 31.6. The molecule has 0 fully saturated rings. The number of anilines is 2. The number of nitrogens with zero attached hydrogens (tertiary/aromatic N) is 2. The van der Waals surface area contributed by atoms with Crippen molar-refractivity contribution in [2.24, 2.45) is 0 Å². The highest BCUT2D eigenvalue weighted by atomic mass is 16.5. The molecule has 2 aliphatic heterocycles. The third-order valence-electron chi connectivity index (χ3n) is 12.0. The minimum atomic E-state index is -0.201. The Labute approximate surface area is 337 Å². The normalized spacial score (nSPS) is 12.6. The molecule has 2 aliphatic rings. The zero-order chi connectivity index (χ0) is 38.2. The topological polar surface area (TPSA) is 17.4 Å². The number of ether oxygens (including phenoxy) is 1. The van der Waals surface area contributed by atoms with Crippen LogP contribution in [0.15, 0.2) is 212 Å². The summed E-state index contributed by atoms with van der Waals surface area (Å²) in [5, 5.41) is 2.51. The summed E-state index contributed by atoms with van der Waals surface area (Å²) in [7, 11) is 0. The predicted octanol–water partition coefficient (Wildman–Crippen LogP) is 12.8. The van der Waals surface area contributed by atoms with Gasteiger partial charge in [0.05, 0.1) is 22.4 Å². The van der Waals surface area contributed by atoms with E-state index in [1.54, 1.807) is 0 Å². The average Bonchev–Trinajstić information content (AvgIpc) is 3.64. The van der Waals surface area contributed by atoms with Gasteiger partial charge in [-0.3, -0.25) is 0 Å². The van der Waals surface area contributed by atoms with Crippen molar-refractivity contribution in [1.29, 1.82) is 0 Å². The Bertz CT molecular complexity index is 3060. The fraction of sp³-hybridized carbons (Fsp3) is 0. The first kappa shape index (κ1) is 32.7. The summed E-state index contributed by atoms with van der Waals surface area (Å²) in [6, 6.07) is 76.8. The molecule has 0 amide bonds. The van der Waals surface area contributed by atoms with Crippen molar-refractivity contribution in [3.63, 3.8) is 0 Å². The number of aromatic nitrogens is 1. The van der Waals surface area contributed by atoms with Gasteiger partial charge in [0.1, 0.15) is 0 Å². The molecular formula is C54H35BN2O. The minimum Gasteiger partial charge on any atom is -0.453 e. The Morgan fingerprint density at radius 2 is 0.828 bits per heavy atom. The highest BCUT2D eigenvalue weighted by Crippen LogP contribution is 2.57. The van der Waals surface area contributed by atoms with Crippen LogP contribution in [-0.4, -0.2) is 11.4 Å². The van der Waals surface area contributed by atoms with Crippen LogP contribution in [0.25, 0.3) is 72.0 Å². The molecule has 0 radical (unpaired) electrons. The molecule has 3 heterocycles. The van der Waals surface area contributed by atoms with Crippen LogP contribution in [0.5, 0.6) is 11.5 Å². The Balaban J connectivity index is 1.24. The Hall–Kier alpha value is -7.56. The number of hydrogen-bond donors (Lipinski definition) is 0. The largest absolute Gasteiger partial charge is 0.453 e. The van der Waals surface area contributed by atoms with Crippen molar-refractivity contribution in [3.05, 3.63) is 212 Å². The fourth-order valence-corrected chi connectivity index (χ4v) is 9.51. The third kappa shape index (κ3) is 4.95. The van der Waals surface area contributed by atoms with Crippen LogP contribution < -0.4 is 20.5 Å². The average molecular weight is 739 g/mol. The van der Waals surface area contributed by atoms with Crippen LogP contribution in [0.4, 0.5) is 11.4 Å². The number of para-hydroxylation sites is 3. The summed E-state index contributed by atoms with van der Waals surface area (Å²) in [4.78, 5) is 2.62. The molecular weight excluding hydrogens is 703 g/mol. The Kier molecular flexibility index (Phi) is 7.33. The molecule has 0 atom stereocenters. The molecule has 0 saturated heterocycles. The molecule has 12 rings (SSSR count). The first-order valence-corrected chi connectivity index (χ1v) is 20.0. The van der Waals surface area contributed by atoms with Gasteiger partial charge in [-0.15, -0.1) is 0 Å². The van der Waals surface area contributed by atoms with Crippen molar-refractivity contribution in [2.45, 2.75) is 0 Å². The third-order valence-corrected chi connectivity index (χ3v) is 12.0. The van der Waals surface area contributed by atoms with Crippen LogP contribution in [0.3, 0.4) is 0 Å². The number of hydrogen-bond acceptors (Lipinski definition) is 2. The van der Waals surface area contributed by atoms with Gasteiger partial charge in [0, 0.05) is 27.6 Å². The van der Waals surface area contributed by atoms with Crippen LogP contribution in [0.2, 0.25) is 0 Å². The Morgan fingerprint density at radius 1 is 0.362 bits per heavy atom. The van der Waals surface area contributed by atoms with E-state index in [1.165, 1.54) is 38.4 Å². The van der Waals surface area contributed by atoms with Gasteiger partial charge >= 0.3 is 6.85 Å². The van der Waals surface area contributed by atoms with E-state index >= 15 is 0 Å². The first-order valence-electron chi connectivity index (χ1n) is 20.0. The summed E-state index contributed by atoms with van der Waals surface area (Å²) >= 11 is 0. The molecule has 0 spiro atoms. The van der Waals surface area contributed by atoms with E-state index in [-0.39, 0.29) is 6.85 Å². The van der Waals surface area contributed by atoms with E-state index in [2.05, 4.69) is 222 Å². The van der Waals surface area contributed by atoms with Crippen LogP contribution in [-0.2, 0) is 0 Å². The quantitative estimate of drug-likeness (QED) is 0.164. The van der Waals surface area contributed by atoms with E-state index in [0.29, 0.717) is 0 Å². The van der Waals surface area contributed by atoms with Gasteiger partial charge < -0.3 is 14.1 Å². The highest BCUT2D eigenvalue weighted by molar-refractivity contribution is 6.92. The second kappa shape index (κ2) is 13.0. The van der Waals surface area contributed by atoms with E-state index < -0.39 is 0 Å². The fourth-order valence-electron chi connectivity index (χ4n) is 9.51. The Morgan fingerprint density at radius 3 is 1.41 bits per heavy atom. The summed E-state index contributed by atoms with van der Waals surface area (Å²) in [6.07, 6.45) is 0. The molecule has 9 aromatic carbocycles. The van der Waals surface area contributed by atoms with E-state index in [4.69, 9.17) is 4.74 Å². The van der Waals surface area contributed by atoms with Gasteiger partial charge in [-0.25, -0.2) is 0 Å². The summed E-state index contributed by atoms with van der Waals surface area (Å²) in [5.74, 6) is 1.65. The lowest BCUT2D eigenvalue weighted by Gasteiger charge is -2.42. The molecule has 0 saturated carbocycles.